The number of fused-ring (bicyclic) bond motifs is 2. The number of ether oxygens (including phenoxy) is 2. The Morgan fingerprint density at radius 1 is 0.792 bits per heavy atom. The van der Waals surface area contributed by atoms with Crippen LogP contribution in [-0.4, -0.2) is 11.9 Å². The number of hydrogen-bond acceptors (Lipinski definition) is 4. The van der Waals surface area contributed by atoms with E-state index in [4.69, 9.17) is 9.47 Å². The SMILES string of the molecule is CCc1cccc2c(OC(C)=O)c3ccccc3c(OC(C)=O)c12. The van der Waals surface area contributed by atoms with Crippen molar-refractivity contribution in [2.75, 3.05) is 0 Å². The van der Waals surface area contributed by atoms with Gasteiger partial charge in [0.25, 0.3) is 0 Å². The average molecular weight is 322 g/mol. The van der Waals surface area contributed by atoms with Gasteiger partial charge in [-0.15, -0.1) is 0 Å². The average Bonchev–Trinajstić information content (AvgIpc) is 2.56. The van der Waals surface area contributed by atoms with Crippen molar-refractivity contribution in [3.63, 3.8) is 0 Å². The normalized spacial score (nSPS) is 10.8. The van der Waals surface area contributed by atoms with Gasteiger partial charge in [0.2, 0.25) is 0 Å². The molecule has 24 heavy (non-hydrogen) atoms. The number of aryl methyl sites for hydroxylation is 1. The summed E-state index contributed by atoms with van der Waals surface area (Å²) in [5.41, 5.74) is 1.03. The van der Waals surface area contributed by atoms with Crippen LogP contribution < -0.4 is 9.47 Å². The standard InChI is InChI=1S/C20H18O4/c1-4-14-8-7-11-17-18(14)20(24-13(3)22)16-10-6-5-9-15(16)19(17)23-12(2)21/h5-11H,4H2,1-3H3. The van der Waals surface area contributed by atoms with E-state index in [9.17, 15) is 9.59 Å². The van der Waals surface area contributed by atoms with Crippen LogP contribution in [0.15, 0.2) is 42.5 Å². The van der Waals surface area contributed by atoms with E-state index >= 15 is 0 Å². The fourth-order valence-corrected chi connectivity index (χ4v) is 3.01. The summed E-state index contributed by atoms with van der Waals surface area (Å²) in [6, 6.07) is 13.2. The van der Waals surface area contributed by atoms with Gasteiger partial charge in [-0.1, -0.05) is 49.4 Å². The molecular formula is C20H18O4. The summed E-state index contributed by atoms with van der Waals surface area (Å²) in [4.78, 5) is 23.3. The van der Waals surface area contributed by atoms with Gasteiger partial charge in [-0.25, -0.2) is 0 Å². The highest BCUT2D eigenvalue weighted by atomic mass is 16.5. The molecule has 3 rings (SSSR count). The van der Waals surface area contributed by atoms with Crippen molar-refractivity contribution in [3.05, 3.63) is 48.0 Å². The summed E-state index contributed by atoms with van der Waals surface area (Å²) >= 11 is 0. The monoisotopic (exact) mass is 322 g/mol. The molecule has 122 valence electrons. The first-order chi connectivity index (χ1) is 11.5. The highest BCUT2D eigenvalue weighted by molar-refractivity contribution is 6.13. The maximum atomic E-state index is 11.7. The van der Waals surface area contributed by atoms with Crippen LogP contribution in [0.5, 0.6) is 11.5 Å². The topological polar surface area (TPSA) is 52.6 Å². The molecule has 0 unspecified atom stereocenters. The molecular weight excluding hydrogens is 304 g/mol. The third-order valence-corrected chi connectivity index (χ3v) is 3.91. The van der Waals surface area contributed by atoms with Crippen LogP contribution in [0.1, 0.15) is 26.3 Å². The highest BCUT2D eigenvalue weighted by Gasteiger charge is 2.20. The van der Waals surface area contributed by atoms with E-state index in [-0.39, 0.29) is 11.9 Å². The Balaban J connectivity index is 2.54. The van der Waals surface area contributed by atoms with Crippen LogP contribution in [-0.2, 0) is 16.0 Å². The number of carbonyl (C=O) groups is 2. The molecule has 4 heteroatoms. The molecule has 0 aromatic heterocycles. The van der Waals surface area contributed by atoms with Gasteiger partial charge >= 0.3 is 11.9 Å². The summed E-state index contributed by atoms with van der Waals surface area (Å²) in [7, 11) is 0. The number of esters is 2. The van der Waals surface area contributed by atoms with E-state index < -0.39 is 0 Å². The van der Waals surface area contributed by atoms with Crippen molar-refractivity contribution in [1.82, 2.24) is 0 Å². The fraction of sp³-hybridized carbons (Fsp3) is 0.200. The third-order valence-electron chi connectivity index (χ3n) is 3.91. The molecule has 0 N–H and O–H groups in total. The minimum atomic E-state index is -0.386. The lowest BCUT2D eigenvalue weighted by Crippen LogP contribution is -2.06. The Kier molecular flexibility index (Phi) is 4.21. The second-order valence-corrected chi connectivity index (χ2v) is 5.58. The number of benzene rings is 3. The van der Waals surface area contributed by atoms with Crippen LogP contribution in [0.4, 0.5) is 0 Å². The number of carbonyl (C=O) groups excluding carboxylic acids is 2. The second kappa shape index (κ2) is 6.32. The van der Waals surface area contributed by atoms with E-state index in [2.05, 4.69) is 0 Å². The summed E-state index contributed by atoms with van der Waals surface area (Å²) in [6.07, 6.45) is 0.767. The van der Waals surface area contributed by atoms with E-state index in [1.54, 1.807) is 0 Å². The van der Waals surface area contributed by atoms with Crippen molar-refractivity contribution < 1.29 is 19.1 Å². The van der Waals surface area contributed by atoms with Crippen LogP contribution >= 0.6 is 0 Å². The Morgan fingerprint density at radius 2 is 1.33 bits per heavy atom. The molecule has 0 saturated heterocycles. The first kappa shape index (κ1) is 16.0. The van der Waals surface area contributed by atoms with Crippen molar-refractivity contribution in [3.8, 4) is 11.5 Å². The molecule has 4 nitrogen and oxygen atoms in total. The zero-order valence-corrected chi connectivity index (χ0v) is 13.9. The Hall–Kier alpha value is -2.88. The summed E-state index contributed by atoms with van der Waals surface area (Å²) in [6.45, 7) is 4.80. The maximum Gasteiger partial charge on any atom is 0.308 e. The van der Waals surface area contributed by atoms with Crippen molar-refractivity contribution in [2.24, 2.45) is 0 Å². The van der Waals surface area contributed by atoms with Gasteiger partial charge in [0, 0.05) is 35.4 Å². The molecule has 0 heterocycles. The van der Waals surface area contributed by atoms with Gasteiger partial charge in [0.1, 0.15) is 11.5 Å². The van der Waals surface area contributed by atoms with Crippen LogP contribution in [0.25, 0.3) is 21.5 Å². The molecule has 3 aromatic carbocycles. The zero-order valence-electron chi connectivity index (χ0n) is 13.9. The Morgan fingerprint density at radius 3 is 1.92 bits per heavy atom. The lowest BCUT2D eigenvalue weighted by molar-refractivity contribution is -0.132. The molecule has 0 radical (unpaired) electrons. The molecule has 3 aromatic rings. The molecule has 0 amide bonds. The van der Waals surface area contributed by atoms with E-state index in [0.29, 0.717) is 11.5 Å². The van der Waals surface area contributed by atoms with E-state index in [1.807, 2.05) is 49.4 Å². The molecule has 0 fully saturated rings. The Labute approximate surface area is 140 Å². The number of rotatable bonds is 3. The predicted octanol–water partition coefficient (Wildman–Crippen LogP) is 4.41. The first-order valence-electron chi connectivity index (χ1n) is 7.86. The van der Waals surface area contributed by atoms with Gasteiger partial charge in [-0.3, -0.25) is 9.59 Å². The molecule has 0 aliphatic carbocycles. The lowest BCUT2D eigenvalue weighted by Gasteiger charge is -2.17. The molecule has 0 aliphatic heterocycles. The van der Waals surface area contributed by atoms with Gasteiger partial charge in [-0.05, 0) is 12.0 Å². The fourth-order valence-electron chi connectivity index (χ4n) is 3.01. The van der Waals surface area contributed by atoms with Gasteiger partial charge in [-0.2, -0.15) is 0 Å². The minimum absolute atomic E-state index is 0.382. The van der Waals surface area contributed by atoms with Crippen molar-refractivity contribution in [1.29, 1.82) is 0 Å². The van der Waals surface area contributed by atoms with Gasteiger partial charge in [0.15, 0.2) is 0 Å². The smallest absolute Gasteiger partial charge is 0.308 e. The third kappa shape index (κ3) is 2.71. The minimum Gasteiger partial charge on any atom is -0.425 e. The highest BCUT2D eigenvalue weighted by Crippen LogP contribution is 2.44. The molecule has 0 bridgehead atoms. The zero-order chi connectivity index (χ0) is 17.3. The quantitative estimate of drug-likeness (QED) is 0.407. The summed E-state index contributed by atoms with van der Waals surface area (Å²) in [5.74, 6) is 0.247. The maximum absolute atomic E-state index is 11.7. The largest absolute Gasteiger partial charge is 0.425 e. The van der Waals surface area contributed by atoms with Crippen molar-refractivity contribution in [2.45, 2.75) is 27.2 Å². The summed E-state index contributed by atoms with van der Waals surface area (Å²) in [5, 5.41) is 3.06. The van der Waals surface area contributed by atoms with Gasteiger partial charge < -0.3 is 9.47 Å². The van der Waals surface area contributed by atoms with E-state index in [1.165, 1.54) is 13.8 Å². The lowest BCUT2D eigenvalue weighted by atomic mass is 9.96. The predicted molar refractivity (Wildman–Crippen MR) is 93.5 cm³/mol. The number of hydrogen-bond donors (Lipinski definition) is 0. The van der Waals surface area contributed by atoms with Crippen LogP contribution in [0.3, 0.4) is 0 Å². The molecule has 0 saturated carbocycles. The molecule has 0 atom stereocenters. The summed E-state index contributed by atoms with van der Waals surface area (Å²) < 4.78 is 11.1. The van der Waals surface area contributed by atoms with Crippen molar-refractivity contribution >= 4 is 33.5 Å². The van der Waals surface area contributed by atoms with Crippen LogP contribution in [0.2, 0.25) is 0 Å². The van der Waals surface area contributed by atoms with Gasteiger partial charge in [0.05, 0.1) is 0 Å². The Bertz CT molecular complexity index is 957. The first-order valence-corrected chi connectivity index (χ1v) is 7.86. The molecule has 0 aliphatic rings. The van der Waals surface area contributed by atoms with E-state index in [0.717, 1.165) is 33.5 Å². The molecule has 0 spiro atoms. The van der Waals surface area contributed by atoms with Crippen LogP contribution in [0, 0.1) is 0 Å². The second-order valence-electron chi connectivity index (χ2n) is 5.58.